The third-order valence-electron chi connectivity index (χ3n) is 7.32. The van der Waals surface area contributed by atoms with Crippen molar-refractivity contribution in [3.05, 3.63) is 62.7 Å². The van der Waals surface area contributed by atoms with E-state index < -0.39 is 11.4 Å². The van der Waals surface area contributed by atoms with Crippen molar-refractivity contribution in [3.63, 3.8) is 0 Å². The average molecular weight is 463 g/mol. The number of carbonyl (C=O) groups is 1. The molecule has 6 rings (SSSR count). The second-order valence-corrected chi connectivity index (χ2v) is 10.3. The lowest BCUT2D eigenvalue weighted by atomic mass is 10.0. The zero-order valence-corrected chi connectivity index (χ0v) is 19.4. The van der Waals surface area contributed by atoms with Gasteiger partial charge in [-0.2, -0.15) is 0 Å². The molecule has 7 nitrogen and oxygen atoms in total. The van der Waals surface area contributed by atoms with E-state index in [4.69, 9.17) is 4.99 Å². The third kappa shape index (κ3) is 3.23. The average Bonchev–Trinajstić information content (AvgIpc) is 3.40. The molecule has 1 atom stereocenters. The van der Waals surface area contributed by atoms with Crippen LogP contribution >= 0.6 is 11.3 Å². The Morgan fingerprint density at radius 1 is 1.18 bits per heavy atom. The molecule has 3 aliphatic heterocycles. The van der Waals surface area contributed by atoms with Crippen molar-refractivity contribution in [1.29, 1.82) is 0 Å². The van der Waals surface area contributed by atoms with E-state index in [9.17, 15) is 14.7 Å². The lowest BCUT2D eigenvalue weighted by molar-refractivity contribution is 0.0697. The first-order valence-corrected chi connectivity index (χ1v) is 12.4. The van der Waals surface area contributed by atoms with Crippen molar-refractivity contribution in [3.8, 4) is 0 Å². The molecule has 1 N–H and O–H groups in total. The predicted molar refractivity (Wildman–Crippen MR) is 131 cm³/mol. The summed E-state index contributed by atoms with van der Waals surface area (Å²) >= 11 is 1.36. The summed E-state index contributed by atoms with van der Waals surface area (Å²) in [5.41, 5.74) is 2.80. The number of carboxylic acids is 1. The molecule has 0 aliphatic carbocycles. The number of aromatic carboxylic acids is 1. The van der Waals surface area contributed by atoms with Crippen molar-refractivity contribution in [2.24, 2.45) is 4.99 Å². The summed E-state index contributed by atoms with van der Waals surface area (Å²) in [5, 5.41) is 9.93. The molecule has 0 amide bonds. The fourth-order valence-electron chi connectivity index (χ4n) is 5.66. The zero-order chi connectivity index (χ0) is 22.7. The second kappa shape index (κ2) is 7.81. The first kappa shape index (κ1) is 20.6. The number of piperazine rings is 1. The maximum atomic E-state index is 13.4. The fourth-order valence-corrected chi connectivity index (χ4v) is 6.86. The van der Waals surface area contributed by atoms with Crippen LogP contribution in [0.5, 0.6) is 0 Å². The van der Waals surface area contributed by atoms with Gasteiger partial charge >= 0.3 is 5.97 Å². The van der Waals surface area contributed by atoms with Crippen LogP contribution in [0.25, 0.3) is 15.0 Å². The maximum absolute atomic E-state index is 13.4. The molecule has 0 bridgehead atoms. The maximum Gasteiger partial charge on any atom is 0.342 e. The van der Waals surface area contributed by atoms with Gasteiger partial charge in [-0.3, -0.25) is 9.69 Å². The number of carboxylic acid groups (broad SMARTS) is 1. The number of aryl methyl sites for hydroxylation is 1. The van der Waals surface area contributed by atoms with Crippen LogP contribution in [0.3, 0.4) is 0 Å². The number of fused-ring (bicyclic) bond motifs is 6. The van der Waals surface area contributed by atoms with Gasteiger partial charge in [0, 0.05) is 37.6 Å². The molecule has 0 radical (unpaired) electrons. The molecule has 3 aromatic rings. The summed E-state index contributed by atoms with van der Waals surface area (Å²) in [7, 11) is 0. The summed E-state index contributed by atoms with van der Waals surface area (Å²) in [6, 6.07) is 8.42. The molecule has 2 saturated heterocycles. The summed E-state index contributed by atoms with van der Waals surface area (Å²) in [6.07, 6.45) is 5.55. The summed E-state index contributed by atoms with van der Waals surface area (Å²) in [5.74, 6) is -0.240. The largest absolute Gasteiger partial charge is 0.477 e. The van der Waals surface area contributed by atoms with Crippen LogP contribution in [-0.2, 0) is 6.42 Å². The van der Waals surface area contributed by atoms with Crippen LogP contribution in [0.15, 0.2) is 45.4 Å². The Hall–Kier alpha value is -2.97. The number of hydrogen-bond donors (Lipinski definition) is 1. The van der Waals surface area contributed by atoms with Crippen molar-refractivity contribution >= 4 is 38.6 Å². The molecule has 1 aromatic carbocycles. The SMILES string of the molecule is C/C1=C(N2CCN3CCCC3C2)\N=C/c2c(n3c(sc4ccccc43)c(C(=O)O)c2=O)CC1. The van der Waals surface area contributed by atoms with Crippen LogP contribution in [0.1, 0.15) is 47.8 Å². The van der Waals surface area contributed by atoms with Crippen LogP contribution in [0.4, 0.5) is 0 Å². The van der Waals surface area contributed by atoms with E-state index in [0.29, 0.717) is 22.9 Å². The molecule has 8 heteroatoms. The van der Waals surface area contributed by atoms with Crippen molar-refractivity contribution in [2.75, 3.05) is 26.2 Å². The predicted octanol–water partition coefficient (Wildman–Crippen LogP) is 3.59. The Labute approximate surface area is 195 Å². The van der Waals surface area contributed by atoms with Gasteiger partial charge < -0.3 is 14.4 Å². The Bertz CT molecular complexity index is 1420. The van der Waals surface area contributed by atoms with Gasteiger partial charge in [-0.15, -0.1) is 11.3 Å². The number of hydrogen-bond acceptors (Lipinski definition) is 6. The second-order valence-electron chi connectivity index (χ2n) is 9.22. The Kier molecular flexibility index (Phi) is 4.88. The van der Waals surface area contributed by atoms with E-state index in [-0.39, 0.29) is 5.56 Å². The van der Waals surface area contributed by atoms with Gasteiger partial charge in [-0.1, -0.05) is 12.1 Å². The van der Waals surface area contributed by atoms with Gasteiger partial charge in [-0.25, -0.2) is 9.79 Å². The van der Waals surface area contributed by atoms with Gasteiger partial charge in [0.05, 0.1) is 15.8 Å². The highest BCUT2D eigenvalue weighted by Gasteiger charge is 2.32. The lowest BCUT2D eigenvalue weighted by Crippen LogP contribution is -2.49. The van der Waals surface area contributed by atoms with E-state index in [0.717, 1.165) is 47.8 Å². The molecule has 2 fully saturated rings. The molecule has 33 heavy (non-hydrogen) atoms. The van der Waals surface area contributed by atoms with Gasteiger partial charge in [0.25, 0.3) is 0 Å². The smallest absolute Gasteiger partial charge is 0.342 e. The fraction of sp³-hybridized carbons (Fsp3) is 0.400. The normalized spacial score (nSPS) is 24.5. The van der Waals surface area contributed by atoms with E-state index in [1.54, 1.807) is 6.21 Å². The van der Waals surface area contributed by atoms with Crippen LogP contribution in [0.2, 0.25) is 0 Å². The Morgan fingerprint density at radius 3 is 2.88 bits per heavy atom. The first-order valence-electron chi connectivity index (χ1n) is 11.6. The number of aliphatic imine (C=N–C) groups is 1. The van der Waals surface area contributed by atoms with Gasteiger partial charge in [0.1, 0.15) is 16.2 Å². The highest BCUT2D eigenvalue weighted by Crippen LogP contribution is 2.32. The number of allylic oxidation sites excluding steroid dienone is 1. The molecule has 3 aliphatic rings. The number of aromatic nitrogens is 1. The Balaban J connectivity index is 1.51. The molecule has 0 spiro atoms. The molecule has 2 aromatic heterocycles. The summed E-state index contributed by atoms with van der Waals surface area (Å²) in [4.78, 5) is 35.8. The van der Waals surface area contributed by atoms with Crippen molar-refractivity contribution < 1.29 is 9.90 Å². The minimum Gasteiger partial charge on any atom is -0.477 e. The molecule has 5 heterocycles. The number of rotatable bonds is 2. The van der Waals surface area contributed by atoms with Crippen LogP contribution in [-0.4, -0.2) is 63.7 Å². The Morgan fingerprint density at radius 2 is 2.03 bits per heavy atom. The zero-order valence-electron chi connectivity index (χ0n) is 18.6. The monoisotopic (exact) mass is 462 g/mol. The lowest BCUT2D eigenvalue weighted by Gasteiger charge is -2.39. The van der Waals surface area contributed by atoms with Crippen LogP contribution < -0.4 is 5.43 Å². The number of pyridine rings is 1. The highest BCUT2D eigenvalue weighted by atomic mass is 32.1. The van der Waals surface area contributed by atoms with Gasteiger partial charge in [0.15, 0.2) is 0 Å². The molecular formula is C25H26N4O3S. The van der Waals surface area contributed by atoms with Crippen LogP contribution in [0, 0.1) is 0 Å². The van der Waals surface area contributed by atoms with E-state index in [2.05, 4.69) is 16.7 Å². The molecular weight excluding hydrogens is 436 g/mol. The minimum atomic E-state index is -1.19. The van der Waals surface area contributed by atoms with Crippen molar-refractivity contribution in [2.45, 2.75) is 38.6 Å². The summed E-state index contributed by atoms with van der Waals surface area (Å²) < 4.78 is 2.94. The van der Waals surface area contributed by atoms with E-state index in [1.165, 1.54) is 36.3 Å². The minimum absolute atomic E-state index is 0.163. The number of para-hydroxylation sites is 1. The van der Waals surface area contributed by atoms with Gasteiger partial charge in [0.2, 0.25) is 5.43 Å². The number of benzene rings is 1. The quantitative estimate of drug-likeness (QED) is 0.630. The highest BCUT2D eigenvalue weighted by molar-refractivity contribution is 7.24. The number of thiazole rings is 1. The van der Waals surface area contributed by atoms with E-state index >= 15 is 0 Å². The first-order chi connectivity index (χ1) is 16.0. The topological polar surface area (TPSA) is 77.6 Å². The molecule has 1 unspecified atom stereocenters. The standard InChI is InChI=1S/C25H26N4O3S/c1-15-8-9-18-17(13-26-23(15)28-12-11-27-10-4-5-16(27)14-28)22(30)21(25(31)32)24-29(18)19-6-2-3-7-20(19)33-24/h2-3,6-7,13,16H,4-5,8-12,14H2,1H3,(H,31,32)/b23-15-,26-13-. The summed E-state index contributed by atoms with van der Waals surface area (Å²) in [6.45, 7) is 6.26. The molecule has 170 valence electrons. The van der Waals surface area contributed by atoms with Crippen molar-refractivity contribution in [1.82, 2.24) is 14.2 Å². The third-order valence-corrected chi connectivity index (χ3v) is 8.46. The van der Waals surface area contributed by atoms with Gasteiger partial charge in [-0.05, 0) is 56.9 Å². The van der Waals surface area contributed by atoms with E-state index in [1.807, 2.05) is 28.7 Å². The molecule has 0 saturated carbocycles. The number of nitrogens with zero attached hydrogens (tertiary/aromatic N) is 4.